The Hall–Kier alpha value is -1.62. The number of carbonyl (C=O) groups excluding carboxylic acids is 1. The molecule has 2 heterocycles. The molecule has 1 fully saturated rings. The average Bonchev–Trinajstić information content (AvgIpc) is 2.86. The van der Waals surface area contributed by atoms with Crippen LogP contribution in [0.5, 0.6) is 0 Å². The maximum atomic E-state index is 12.0. The molecule has 0 radical (unpaired) electrons. The van der Waals surface area contributed by atoms with E-state index in [1.54, 1.807) is 7.05 Å². The van der Waals surface area contributed by atoms with Gasteiger partial charge in [0.05, 0.1) is 0 Å². The molecule has 104 valence electrons. The van der Waals surface area contributed by atoms with E-state index in [0.29, 0.717) is 6.54 Å². The lowest BCUT2D eigenvalue weighted by Crippen LogP contribution is -2.43. The SMILES string of the molecule is CNC(=O)C1CCCN1c1nc(C)cc(C)c1CN. The number of aryl methyl sites for hydroxylation is 2. The van der Waals surface area contributed by atoms with E-state index in [0.717, 1.165) is 42.0 Å². The number of pyridine rings is 1. The van der Waals surface area contributed by atoms with E-state index in [1.165, 1.54) is 0 Å². The van der Waals surface area contributed by atoms with Crippen LogP contribution in [-0.2, 0) is 11.3 Å². The molecular weight excluding hydrogens is 240 g/mol. The first-order valence-electron chi connectivity index (χ1n) is 6.74. The van der Waals surface area contributed by atoms with Gasteiger partial charge in [0.15, 0.2) is 0 Å². The Labute approximate surface area is 114 Å². The van der Waals surface area contributed by atoms with Gasteiger partial charge in [0.2, 0.25) is 5.91 Å². The van der Waals surface area contributed by atoms with Gasteiger partial charge in [0.1, 0.15) is 11.9 Å². The van der Waals surface area contributed by atoms with Crippen molar-refractivity contribution in [3.8, 4) is 0 Å². The molecule has 5 heteroatoms. The molecule has 1 aromatic heterocycles. The minimum Gasteiger partial charge on any atom is -0.357 e. The summed E-state index contributed by atoms with van der Waals surface area (Å²) in [7, 11) is 1.68. The van der Waals surface area contributed by atoms with Crippen LogP contribution in [-0.4, -0.2) is 30.5 Å². The topological polar surface area (TPSA) is 71.2 Å². The highest BCUT2D eigenvalue weighted by molar-refractivity contribution is 5.85. The monoisotopic (exact) mass is 262 g/mol. The Bertz CT molecular complexity index is 487. The Morgan fingerprint density at radius 2 is 2.32 bits per heavy atom. The smallest absolute Gasteiger partial charge is 0.242 e. The summed E-state index contributed by atoms with van der Waals surface area (Å²) >= 11 is 0. The van der Waals surface area contributed by atoms with Crippen molar-refractivity contribution in [3.05, 3.63) is 22.9 Å². The van der Waals surface area contributed by atoms with Crippen LogP contribution in [0, 0.1) is 13.8 Å². The molecule has 1 aliphatic rings. The van der Waals surface area contributed by atoms with E-state index in [4.69, 9.17) is 5.73 Å². The summed E-state index contributed by atoms with van der Waals surface area (Å²) in [5, 5.41) is 2.73. The van der Waals surface area contributed by atoms with Crippen molar-refractivity contribution in [2.24, 2.45) is 5.73 Å². The molecule has 1 amide bonds. The molecule has 3 N–H and O–H groups in total. The average molecular weight is 262 g/mol. The Kier molecular flexibility index (Phi) is 4.04. The minimum absolute atomic E-state index is 0.0569. The van der Waals surface area contributed by atoms with Crippen molar-refractivity contribution >= 4 is 11.7 Å². The third-order valence-electron chi connectivity index (χ3n) is 3.73. The van der Waals surface area contributed by atoms with Gasteiger partial charge in [-0.3, -0.25) is 4.79 Å². The number of likely N-dealkylation sites (N-methyl/N-ethyl adjacent to an activating group) is 1. The van der Waals surface area contributed by atoms with Crippen LogP contribution in [0.25, 0.3) is 0 Å². The highest BCUT2D eigenvalue weighted by Gasteiger charge is 2.32. The van der Waals surface area contributed by atoms with E-state index in [1.807, 2.05) is 19.9 Å². The van der Waals surface area contributed by atoms with Crippen molar-refractivity contribution in [2.75, 3.05) is 18.5 Å². The van der Waals surface area contributed by atoms with Crippen LogP contribution < -0.4 is 16.0 Å². The summed E-state index contributed by atoms with van der Waals surface area (Å²) in [4.78, 5) is 18.7. The standard InChI is InChI=1S/C14H22N4O/c1-9-7-10(2)17-13(11(9)8-15)18-6-4-5-12(18)14(19)16-3/h7,12H,4-6,8,15H2,1-3H3,(H,16,19). The number of anilines is 1. The fourth-order valence-electron chi connectivity index (χ4n) is 2.79. The minimum atomic E-state index is -0.121. The summed E-state index contributed by atoms with van der Waals surface area (Å²) in [6.45, 7) is 5.33. The molecule has 0 bridgehead atoms. The van der Waals surface area contributed by atoms with Crippen molar-refractivity contribution in [3.63, 3.8) is 0 Å². The highest BCUT2D eigenvalue weighted by Crippen LogP contribution is 2.29. The second kappa shape index (κ2) is 5.57. The van der Waals surface area contributed by atoms with Crippen molar-refractivity contribution in [1.29, 1.82) is 0 Å². The van der Waals surface area contributed by atoms with E-state index in [2.05, 4.69) is 15.2 Å². The van der Waals surface area contributed by atoms with Crippen LogP contribution in [0.4, 0.5) is 5.82 Å². The fourth-order valence-corrected chi connectivity index (χ4v) is 2.79. The molecule has 1 unspecified atom stereocenters. The second-order valence-corrected chi connectivity index (χ2v) is 5.05. The Morgan fingerprint density at radius 1 is 1.58 bits per heavy atom. The maximum Gasteiger partial charge on any atom is 0.242 e. The van der Waals surface area contributed by atoms with E-state index in [9.17, 15) is 4.79 Å². The molecule has 1 saturated heterocycles. The van der Waals surface area contributed by atoms with Gasteiger partial charge in [-0.1, -0.05) is 0 Å². The Morgan fingerprint density at radius 3 is 2.95 bits per heavy atom. The molecule has 19 heavy (non-hydrogen) atoms. The summed E-state index contributed by atoms with van der Waals surface area (Å²) in [5.74, 6) is 0.938. The fraction of sp³-hybridized carbons (Fsp3) is 0.571. The lowest BCUT2D eigenvalue weighted by atomic mass is 10.1. The van der Waals surface area contributed by atoms with E-state index >= 15 is 0 Å². The predicted octanol–water partition coefficient (Wildman–Crippen LogP) is 0.872. The summed E-state index contributed by atoms with van der Waals surface area (Å²) in [6.07, 6.45) is 1.88. The quantitative estimate of drug-likeness (QED) is 0.848. The molecule has 0 saturated carbocycles. The molecule has 1 aromatic rings. The van der Waals surface area contributed by atoms with Gasteiger partial charge in [0.25, 0.3) is 0 Å². The predicted molar refractivity (Wildman–Crippen MR) is 76.0 cm³/mol. The first-order chi connectivity index (χ1) is 9.08. The van der Waals surface area contributed by atoms with Crippen molar-refractivity contribution in [1.82, 2.24) is 10.3 Å². The van der Waals surface area contributed by atoms with Gasteiger partial charge in [-0.25, -0.2) is 4.98 Å². The number of aromatic nitrogens is 1. The number of nitrogens with zero attached hydrogens (tertiary/aromatic N) is 2. The number of nitrogens with two attached hydrogens (primary N) is 1. The number of hydrogen-bond donors (Lipinski definition) is 2. The molecule has 0 aromatic carbocycles. The summed E-state index contributed by atoms with van der Waals surface area (Å²) < 4.78 is 0. The first-order valence-corrected chi connectivity index (χ1v) is 6.74. The van der Waals surface area contributed by atoms with E-state index in [-0.39, 0.29) is 11.9 Å². The van der Waals surface area contributed by atoms with Crippen LogP contribution in [0.1, 0.15) is 29.7 Å². The molecular formula is C14H22N4O. The van der Waals surface area contributed by atoms with Gasteiger partial charge in [-0.15, -0.1) is 0 Å². The summed E-state index contributed by atoms with van der Waals surface area (Å²) in [6, 6.07) is 1.92. The normalized spacial score (nSPS) is 18.7. The zero-order chi connectivity index (χ0) is 14.0. The number of hydrogen-bond acceptors (Lipinski definition) is 4. The number of rotatable bonds is 3. The van der Waals surface area contributed by atoms with Gasteiger partial charge in [-0.05, 0) is 38.3 Å². The molecule has 2 rings (SSSR count). The molecule has 1 aliphatic heterocycles. The van der Waals surface area contributed by atoms with Crippen LogP contribution in [0.2, 0.25) is 0 Å². The second-order valence-electron chi connectivity index (χ2n) is 5.05. The van der Waals surface area contributed by atoms with Gasteiger partial charge < -0.3 is 16.0 Å². The molecule has 0 spiro atoms. The summed E-state index contributed by atoms with van der Waals surface area (Å²) in [5.41, 5.74) is 9.01. The number of carbonyl (C=O) groups is 1. The highest BCUT2D eigenvalue weighted by atomic mass is 16.2. The molecule has 5 nitrogen and oxygen atoms in total. The van der Waals surface area contributed by atoms with E-state index < -0.39 is 0 Å². The molecule has 0 aliphatic carbocycles. The van der Waals surface area contributed by atoms with Crippen LogP contribution >= 0.6 is 0 Å². The Balaban J connectivity index is 2.43. The van der Waals surface area contributed by atoms with Gasteiger partial charge >= 0.3 is 0 Å². The maximum absolute atomic E-state index is 12.0. The first kappa shape index (κ1) is 13.8. The van der Waals surface area contributed by atoms with Gasteiger partial charge in [0, 0.05) is 31.4 Å². The van der Waals surface area contributed by atoms with Crippen molar-refractivity contribution < 1.29 is 4.79 Å². The largest absolute Gasteiger partial charge is 0.357 e. The van der Waals surface area contributed by atoms with Crippen molar-refractivity contribution in [2.45, 2.75) is 39.3 Å². The van der Waals surface area contributed by atoms with Crippen LogP contribution in [0.15, 0.2) is 6.07 Å². The number of nitrogens with one attached hydrogen (secondary N) is 1. The van der Waals surface area contributed by atoms with Crippen LogP contribution in [0.3, 0.4) is 0 Å². The van der Waals surface area contributed by atoms with Gasteiger partial charge in [-0.2, -0.15) is 0 Å². The number of amides is 1. The third kappa shape index (κ3) is 2.56. The lowest BCUT2D eigenvalue weighted by Gasteiger charge is -2.27. The third-order valence-corrected chi connectivity index (χ3v) is 3.73. The molecule has 1 atom stereocenters. The zero-order valence-corrected chi connectivity index (χ0v) is 11.9. The lowest BCUT2D eigenvalue weighted by molar-refractivity contribution is -0.121. The zero-order valence-electron chi connectivity index (χ0n) is 11.9.